The topological polar surface area (TPSA) is 42.0 Å². The van der Waals surface area contributed by atoms with Crippen LogP contribution in [0.1, 0.15) is 12.0 Å². The fourth-order valence-corrected chi connectivity index (χ4v) is 4.02. The standard InChI is InChI=1S/C22H22Cl2N2O3/c23-17-4-1-2-5-19(17)25-8-10-26(11-9-25)21(27)7-6-16-14-18(24)22-20(15-16)28-12-3-13-29-22/h1-2,4-7,14-15H,3,8-13H2. The number of anilines is 1. The molecule has 0 aliphatic carbocycles. The Bertz CT molecular complexity index is 924. The molecule has 152 valence electrons. The first-order valence-corrected chi connectivity index (χ1v) is 10.4. The van der Waals surface area contributed by atoms with Crippen molar-refractivity contribution in [2.24, 2.45) is 0 Å². The van der Waals surface area contributed by atoms with Crippen LogP contribution in [-0.4, -0.2) is 50.2 Å². The van der Waals surface area contributed by atoms with Crippen molar-refractivity contribution >= 4 is 40.9 Å². The first kappa shape index (κ1) is 19.9. The number of hydrogen-bond acceptors (Lipinski definition) is 4. The van der Waals surface area contributed by atoms with E-state index in [0.717, 1.165) is 35.8 Å². The van der Waals surface area contributed by atoms with Gasteiger partial charge in [-0.3, -0.25) is 4.79 Å². The fraction of sp³-hybridized carbons (Fsp3) is 0.318. The van der Waals surface area contributed by atoms with Crippen LogP contribution in [0.5, 0.6) is 11.5 Å². The van der Waals surface area contributed by atoms with Crippen molar-refractivity contribution in [3.63, 3.8) is 0 Å². The molecule has 4 rings (SSSR count). The second-order valence-corrected chi connectivity index (χ2v) is 7.79. The maximum atomic E-state index is 12.6. The number of nitrogens with zero attached hydrogens (tertiary/aromatic N) is 2. The molecule has 0 radical (unpaired) electrons. The number of ether oxygens (including phenoxy) is 2. The smallest absolute Gasteiger partial charge is 0.246 e. The van der Waals surface area contributed by atoms with E-state index in [9.17, 15) is 4.79 Å². The third-order valence-corrected chi connectivity index (χ3v) is 5.63. The predicted octanol–water partition coefficient (Wildman–Crippen LogP) is 4.52. The quantitative estimate of drug-likeness (QED) is 0.668. The molecule has 0 bridgehead atoms. The molecule has 0 spiro atoms. The van der Waals surface area contributed by atoms with Gasteiger partial charge in [-0.15, -0.1) is 0 Å². The molecular weight excluding hydrogens is 411 g/mol. The molecular formula is C22H22Cl2N2O3. The molecule has 0 aromatic heterocycles. The number of rotatable bonds is 3. The highest BCUT2D eigenvalue weighted by Crippen LogP contribution is 2.38. The highest BCUT2D eigenvalue weighted by Gasteiger charge is 2.21. The summed E-state index contributed by atoms with van der Waals surface area (Å²) in [5, 5.41) is 1.23. The first-order valence-electron chi connectivity index (χ1n) is 9.67. The second-order valence-electron chi connectivity index (χ2n) is 6.98. The van der Waals surface area contributed by atoms with Gasteiger partial charge in [-0.05, 0) is 35.9 Å². The van der Waals surface area contributed by atoms with Crippen LogP contribution in [-0.2, 0) is 4.79 Å². The van der Waals surface area contributed by atoms with Crippen molar-refractivity contribution in [2.75, 3.05) is 44.3 Å². The monoisotopic (exact) mass is 432 g/mol. The number of hydrogen-bond donors (Lipinski definition) is 0. The maximum Gasteiger partial charge on any atom is 0.246 e. The van der Waals surface area contributed by atoms with E-state index < -0.39 is 0 Å². The predicted molar refractivity (Wildman–Crippen MR) is 116 cm³/mol. The Balaban J connectivity index is 1.39. The minimum atomic E-state index is -0.0213. The molecule has 1 amide bonds. The minimum Gasteiger partial charge on any atom is -0.489 e. The van der Waals surface area contributed by atoms with Gasteiger partial charge in [-0.2, -0.15) is 0 Å². The van der Waals surface area contributed by atoms with Crippen LogP contribution in [0.4, 0.5) is 5.69 Å². The molecule has 0 unspecified atom stereocenters. The molecule has 2 aromatic carbocycles. The number of halogens is 2. The summed E-state index contributed by atoms with van der Waals surface area (Å²) in [6.07, 6.45) is 4.17. The number of benzene rings is 2. The number of piperazine rings is 1. The van der Waals surface area contributed by atoms with Crippen molar-refractivity contribution < 1.29 is 14.3 Å². The Morgan fingerprint density at radius 3 is 2.52 bits per heavy atom. The first-order chi connectivity index (χ1) is 14.1. The van der Waals surface area contributed by atoms with Gasteiger partial charge < -0.3 is 19.3 Å². The highest BCUT2D eigenvalue weighted by molar-refractivity contribution is 6.33. The van der Waals surface area contributed by atoms with Gasteiger partial charge in [0.2, 0.25) is 5.91 Å². The fourth-order valence-electron chi connectivity index (χ4n) is 3.50. The van der Waals surface area contributed by atoms with E-state index in [1.807, 2.05) is 35.2 Å². The third-order valence-electron chi connectivity index (χ3n) is 5.03. The van der Waals surface area contributed by atoms with Crippen molar-refractivity contribution in [1.29, 1.82) is 0 Å². The lowest BCUT2D eigenvalue weighted by atomic mass is 10.1. The Labute approximate surface area is 180 Å². The summed E-state index contributed by atoms with van der Waals surface area (Å²) in [7, 11) is 0. The van der Waals surface area contributed by atoms with E-state index in [4.69, 9.17) is 32.7 Å². The number of fused-ring (bicyclic) bond motifs is 1. The van der Waals surface area contributed by atoms with Gasteiger partial charge in [-0.25, -0.2) is 0 Å². The summed E-state index contributed by atoms with van der Waals surface area (Å²) in [5.41, 5.74) is 1.82. The molecule has 2 aromatic rings. The second kappa shape index (κ2) is 8.97. The Morgan fingerprint density at radius 1 is 0.966 bits per heavy atom. The summed E-state index contributed by atoms with van der Waals surface area (Å²) < 4.78 is 11.3. The summed E-state index contributed by atoms with van der Waals surface area (Å²) in [4.78, 5) is 16.7. The van der Waals surface area contributed by atoms with Crippen LogP contribution in [0.25, 0.3) is 6.08 Å². The van der Waals surface area contributed by atoms with Crippen molar-refractivity contribution in [3.8, 4) is 11.5 Å². The Kier molecular flexibility index (Phi) is 6.16. The third kappa shape index (κ3) is 4.62. The summed E-state index contributed by atoms with van der Waals surface area (Å²) in [6, 6.07) is 11.4. The lowest BCUT2D eigenvalue weighted by molar-refractivity contribution is -0.126. The number of amides is 1. The SMILES string of the molecule is O=C(C=Cc1cc(Cl)c2c(c1)OCCCO2)N1CCN(c2ccccc2Cl)CC1. The molecule has 0 atom stereocenters. The van der Waals surface area contributed by atoms with E-state index in [1.165, 1.54) is 0 Å². The normalized spacial score (nSPS) is 16.8. The Morgan fingerprint density at radius 2 is 1.72 bits per heavy atom. The van der Waals surface area contributed by atoms with Crippen LogP contribution in [0.2, 0.25) is 10.0 Å². The van der Waals surface area contributed by atoms with Gasteiger partial charge in [0.1, 0.15) is 0 Å². The van der Waals surface area contributed by atoms with Gasteiger partial charge in [-0.1, -0.05) is 35.3 Å². The van der Waals surface area contributed by atoms with Gasteiger partial charge in [0.15, 0.2) is 11.5 Å². The highest BCUT2D eigenvalue weighted by atomic mass is 35.5. The number of para-hydroxylation sites is 1. The number of carbonyl (C=O) groups excluding carboxylic acids is 1. The van der Waals surface area contributed by atoms with Crippen molar-refractivity contribution in [1.82, 2.24) is 4.90 Å². The average Bonchev–Trinajstić information content (AvgIpc) is 2.98. The van der Waals surface area contributed by atoms with Gasteiger partial charge in [0.25, 0.3) is 0 Å². The van der Waals surface area contributed by atoms with Crippen LogP contribution in [0, 0.1) is 0 Å². The van der Waals surface area contributed by atoms with E-state index in [-0.39, 0.29) is 5.91 Å². The largest absolute Gasteiger partial charge is 0.489 e. The molecule has 5 nitrogen and oxygen atoms in total. The molecule has 0 saturated carbocycles. The average molecular weight is 433 g/mol. The van der Waals surface area contributed by atoms with Gasteiger partial charge >= 0.3 is 0 Å². The van der Waals surface area contributed by atoms with Gasteiger partial charge in [0.05, 0.1) is 28.9 Å². The molecule has 29 heavy (non-hydrogen) atoms. The zero-order chi connectivity index (χ0) is 20.2. The molecule has 2 heterocycles. The lowest BCUT2D eigenvalue weighted by Crippen LogP contribution is -2.48. The molecule has 2 aliphatic rings. The molecule has 0 N–H and O–H groups in total. The Hall–Kier alpha value is -2.37. The van der Waals surface area contributed by atoms with Crippen LogP contribution < -0.4 is 14.4 Å². The maximum absolute atomic E-state index is 12.6. The minimum absolute atomic E-state index is 0.0213. The summed E-state index contributed by atoms with van der Waals surface area (Å²) in [5.74, 6) is 1.17. The van der Waals surface area contributed by atoms with Crippen molar-refractivity contribution in [2.45, 2.75) is 6.42 Å². The molecule has 1 saturated heterocycles. The molecule has 7 heteroatoms. The van der Waals surface area contributed by atoms with E-state index in [2.05, 4.69) is 4.90 Å². The van der Waals surface area contributed by atoms with E-state index >= 15 is 0 Å². The van der Waals surface area contributed by atoms with Gasteiger partial charge in [0, 0.05) is 38.7 Å². The zero-order valence-corrected chi connectivity index (χ0v) is 17.5. The summed E-state index contributed by atoms with van der Waals surface area (Å²) in [6.45, 7) is 3.97. The zero-order valence-electron chi connectivity index (χ0n) is 15.9. The molecule has 1 fully saturated rings. The van der Waals surface area contributed by atoms with Crippen LogP contribution in [0.3, 0.4) is 0 Å². The van der Waals surface area contributed by atoms with E-state index in [0.29, 0.717) is 42.8 Å². The number of carbonyl (C=O) groups is 1. The van der Waals surface area contributed by atoms with E-state index in [1.54, 1.807) is 18.2 Å². The van der Waals surface area contributed by atoms with Crippen molar-refractivity contribution in [3.05, 3.63) is 58.1 Å². The summed E-state index contributed by atoms with van der Waals surface area (Å²) >= 11 is 12.6. The van der Waals surface area contributed by atoms with Crippen LogP contribution in [0.15, 0.2) is 42.5 Å². The lowest BCUT2D eigenvalue weighted by Gasteiger charge is -2.36. The van der Waals surface area contributed by atoms with Crippen LogP contribution >= 0.6 is 23.2 Å². The molecule has 2 aliphatic heterocycles.